The van der Waals surface area contributed by atoms with E-state index in [9.17, 15) is 0 Å². The van der Waals surface area contributed by atoms with E-state index in [0.29, 0.717) is 0 Å². The fourth-order valence-corrected chi connectivity index (χ4v) is 4.75. The van der Waals surface area contributed by atoms with E-state index >= 15 is 0 Å². The Morgan fingerprint density at radius 2 is 0.552 bits per heavy atom. The molecule has 0 aromatic carbocycles. The quantitative estimate of drug-likeness (QED) is 0.132. The highest BCUT2D eigenvalue weighted by Gasteiger charge is 2.06. The summed E-state index contributed by atoms with van der Waals surface area (Å²) >= 11 is 0. The van der Waals surface area contributed by atoms with Crippen LogP contribution in [-0.2, 0) is 0 Å². The zero-order valence-corrected chi connectivity index (χ0v) is 21.3. The minimum Gasteiger partial charge on any atom is -0.0654 e. The van der Waals surface area contributed by atoms with E-state index in [1.54, 1.807) is 0 Å². The first-order valence-corrected chi connectivity index (χ1v) is 14.3. The molecule has 0 fully saturated rings. The van der Waals surface area contributed by atoms with E-state index in [1.807, 2.05) is 0 Å². The number of hydrogen-bond donors (Lipinski definition) is 0. The van der Waals surface area contributed by atoms with Gasteiger partial charge in [-0.2, -0.15) is 0 Å². The molecule has 0 aromatic rings. The van der Waals surface area contributed by atoms with Crippen molar-refractivity contribution < 1.29 is 0 Å². The summed E-state index contributed by atoms with van der Waals surface area (Å²) in [7, 11) is 0. The maximum atomic E-state index is 2.42. The summed E-state index contributed by atoms with van der Waals surface area (Å²) in [6.07, 6.45) is 36.8. The van der Waals surface area contributed by atoms with Crippen LogP contribution in [-0.4, -0.2) is 0 Å². The molecule has 0 aliphatic rings. The molecule has 29 heavy (non-hydrogen) atoms. The van der Waals surface area contributed by atoms with Crippen molar-refractivity contribution in [2.45, 2.75) is 181 Å². The third-order valence-corrected chi connectivity index (χ3v) is 7.01. The number of rotatable bonds is 25. The van der Waals surface area contributed by atoms with Crippen molar-refractivity contribution in [3.63, 3.8) is 0 Å². The fourth-order valence-electron chi connectivity index (χ4n) is 4.75. The summed E-state index contributed by atoms with van der Waals surface area (Å²) in [4.78, 5) is 0. The lowest BCUT2D eigenvalue weighted by Gasteiger charge is -2.14. The van der Waals surface area contributed by atoms with E-state index in [1.165, 1.54) is 161 Å². The van der Waals surface area contributed by atoms with Gasteiger partial charge in [0.25, 0.3) is 0 Å². The standard InChI is InChI=1S/C29H60/c1-4-7-9-11-13-15-17-19-21-23-25-27-29(6-3)28-26-24-22-20-18-16-14-12-10-8-5-2/h29H,4-28H2,1-3H3. The Bertz CT molecular complexity index is 243. The van der Waals surface area contributed by atoms with Crippen molar-refractivity contribution in [1.29, 1.82) is 0 Å². The van der Waals surface area contributed by atoms with E-state index in [0.717, 1.165) is 5.92 Å². The molecule has 0 heteroatoms. The Balaban J connectivity index is 3.27. The fraction of sp³-hybridized carbons (Fsp3) is 1.00. The largest absolute Gasteiger partial charge is 0.0654 e. The van der Waals surface area contributed by atoms with Crippen molar-refractivity contribution in [3.05, 3.63) is 0 Å². The van der Waals surface area contributed by atoms with E-state index in [4.69, 9.17) is 0 Å². The van der Waals surface area contributed by atoms with Crippen LogP contribution in [0.3, 0.4) is 0 Å². The Morgan fingerprint density at radius 3 is 0.793 bits per heavy atom. The van der Waals surface area contributed by atoms with Gasteiger partial charge in [-0.05, 0) is 5.92 Å². The summed E-state index contributed by atoms with van der Waals surface area (Å²) in [5.74, 6) is 1.02. The van der Waals surface area contributed by atoms with Crippen LogP contribution in [0.15, 0.2) is 0 Å². The molecule has 0 aromatic heterocycles. The highest BCUT2D eigenvalue weighted by molar-refractivity contribution is 4.59. The molecule has 0 heterocycles. The van der Waals surface area contributed by atoms with Crippen LogP contribution in [0, 0.1) is 5.92 Å². The second-order valence-corrected chi connectivity index (χ2v) is 9.92. The van der Waals surface area contributed by atoms with E-state index in [2.05, 4.69) is 20.8 Å². The molecule has 0 nitrogen and oxygen atoms in total. The lowest BCUT2D eigenvalue weighted by molar-refractivity contribution is 0.392. The second-order valence-electron chi connectivity index (χ2n) is 9.92. The average Bonchev–Trinajstić information content (AvgIpc) is 2.74. The van der Waals surface area contributed by atoms with Crippen molar-refractivity contribution in [2.24, 2.45) is 5.92 Å². The van der Waals surface area contributed by atoms with Gasteiger partial charge in [0.2, 0.25) is 0 Å². The van der Waals surface area contributed by atoms with Crippen LogP contribution in [0.1, 0.15) is 181 Å². The number of unbranched alkanes of at least 4 members (excludes halogenated alkanes) is 20. The summed E-state index contributed by atoms with van der Waals surface area (Å²) in [5.41, 5.74) is 0. The molecule has 0 spiro atoms. The molecule has 0 radical (unpaired) electrons. The molecule has 0 saturated heterocycles. The maximum Gasteiger partial charge on any atom is -0.0417 e. The van der Waals surface area contributed by atoms with Crippen LogP contribution in [0.5, 0.6) is 0 Å². The highest BCUT2D eigenvalue weighted by atomic mass is 14.1. The van der Waals surface area contributed by atoms with Crippen LogP contribution in [0.4, 0.5) is 0 Å². The third-order valence-electron chi connectivity index (χ3n) is 7.01. The first-order chi connectivity index (χ1) is 14.3. The van der Waals surface area contributed by atoms with Crippen molar-refractivity contribution >= 4 is 0 Å². The average molecular weight is 409 g/mol. The molecule has 0 aliphatic carbocycles. The third kappa shape index (κ3) is 24.1. The summed E-state index contributed by atoms with van der Waals surface area (Å²) in [6, 6.07) is 0. The lowest BCUT2D eigenvalue weighted by atomic mass is 9.92. The molecule has 0 rings (SSSR count). The molecule has 0 amide bonds. The van der Waals surface area contributed by atoms with Gasteiger partial charge in [-0.3, -0.25) is 0 Å². The first-order valence-electron chi connectivity index (χ1n) is 14.3. The van der Waals surface area contributed by atoms with E-state index in [-0.39, 0.29) is 0 Å². The molecular formula is C29H60. The van der Waals surface area contributed by atoms with Crippen LogP contribution < -0.4 is 0 Å². The summed E-state index contributed by atoms with van der Waals surface area (Å²) in [6.45, 7) is 7.03. The smallest absolute Gasteiger partial charge is 0.0417 e. The lowest BCUT2D eigenvalue weighted by Crippen LogP contribution is -1.99. The Labute approximate surface area is 187 Å². The normalized spacial score (nSPS) is 11.6. The number of hydrogen-bond acceptors (Lipinski definition) is 0. The molecule has 0 N–H and O–H groups in total. The monoisotopic (exact) mass is 408 g/mol. The van der Waals surface area contributed by atoms with Gasteiger partial charge < -0.3 is 0 Å². The second kappa shape index (κ2) is 26.0. The van der Waals surface area contributed by atoms with Gasteiger partial charge in [0.15, 0.2) is 0 Å². The highest BCUT2D eigenvalue weighted by Crippen LogP contribution is 2.22. The zero-order valence-electron chi connectivity index (χ0n) is 21.3. The van der Waals surface area contributed by atoms with Crippen LogP contribution in [0.2, 0.25) is 0 Å². The predicted octanol–water partition coefficient (Wildman–Crippen LogP) is 11.4. The topological polar surface area (TPSA) is 0 Å². The zero-order chi connectivity index (χ0) is 21.3. The van der Waals surface area contributed by atoms with Crippen LogP contribution >= 0.6 is 0 Å². The maximum absolute atomic E-state index is 2.42. The molecule has 176 valence electrons. The Kier molecular flexibility index (Phi) is 26.0. The SMILES string of the molecule is CCCCCCCCCCCCCC(CC)CCCCCCCCCCCCC. The van der Waals surface area contributed by atoms with Gasteiger partial charge in [-0.1, -0.05) is 181 Å². The molecular weight excluding hydrogens is 348 g/mol. The van der Waals surface area contributed by atoms with Crippen molar-refractivity contribution in [2.75, 3.05) is 0 Å². The molecule has 0 atom stereocenters. The van der Waals surface area contributed by atoms with Gasteiger partial charge in [0.05, 0.1) is 0 Å². The van der Waals surface area contributed by atoms with Gasteiger partial charge in [-0.25, -0.2) is 0 Å². The van der Waals surface area contributed by atoms with Crippen molar-refractivity contribution in [3.8, 4) is 0 Å². The van der Waals surface area contributed by atoms with E-state index < -0.39 is 0 Å². The van der Waals surface area contributed by atoms with Gasteiger partial charge in [-0.15, -0.1) is 0 Å². The molecule has 0 bridgehead atoms. The first kappa shape index (κ1) is 29.0. The van der Waals surface area contributed by atoms with Gasteiger partial charge >= 0.3 is 0 Å². The molecule has 0 aliphatic heterocycles. The molecule has 0 saturated carbocycles. The Morgan fingerprint density at radius 1 is 0.310 bits per heavy atom. The van der Waals surface area contributed by atoms with Crippen LogP contribution in [0.25, 0.3) is 0 Å². The minimum atomic E-state index is 1.02. The van der Waals surface area contributed by atoms with Gasteiger partial charge in [0.1, 0.15) is 0 Å². The summed E-state index contributed by atoms with van der Waals surface area (Å²) in [5, 5.41) is 0. The van der Waals surface area contributed by atoms with Gasteiger partial charge in [0, 0.05) is 0 Å². The predicted molar refractivity (Wildman–Crippen MR) is 136 cm³/mol. The Hall–Kier alpha value is 0. The van der Waals surface area contributed by atoms with Crippen molar-refractivity contribution in [1.82, 2.24) is 0 Å². The molecule has 0 unspecified atom stereocenters. The summed E-state index contributed by atoms with van der Waals surface area (Å²) < 4.78 is 0. The minimum absolute atomic E-state index is 1.02.